The minimum atomic E-state index is -0.647. The Hall–Kier alpha value is -2.36. The minimum absolute atomic E-state index is 0.223. The van der Waals surface area contributed by atoms with E-state index in [1.807, 2.05) is 0 Å². The lowest BCUT2D eigenvalue weighted by Crippen LogP contribution is -2.52. The fourth-order valence-corrected chi connectivity index (χ4v) is 3.19. The van der Waals surface area contributed by atoms with Gasteiger partial charge in [-0.25, -0.2) is 0 Å². The minimum Gasteiger partial charge on any atom is -0.330 e. The van der Waals surface area contributed by atoms with E-state index in [1.54, 1.807) is 12.1 Å². The standard InChI is InChI=1S/C17H16ClN3O3/c18-13-5-4-11-12(10(13)3-1-2-8-19)9-21(17(11)24)14-6-7-15(22)20-16(14)23/h4-5,14H,2,6-9,19H2,(H,20,22,23). The van der Waals surface area contributed by atoms with Gasteiger partial charge in [0.2, 0.25) is 11.8 Å². The van der Waals surface area contributed by atoms with Gasteiger partial charge < -0.3 is 10.6 Å². The summed E-state index contributed by atoms with van der Waals surface area (Å²) in [7, 11) is 0. The highest BCUT2D eigenvalue weighted by atomic mass is 35.5. The quantitative estimate of drug-likeness (QED) is 0.612. The molecule has 0 saturated carbocycles. The van der Waals surface area contributed by atoms with Crippen LogP contribution in [0.25, 0.3) is 0 Å². The molecule has 2 aliphatic rings. The molecule has 0 aliphatic carbocycles. The highest BCUT2D eigenvalue weighted by Gasteiger charge is 2.40. The maximum absolute atomic E-state index is 12.7. The van der Waals surface area contributed by atoms with Crippen molar-refractivity contribution in [3.63, 3.8) is 0 Å². The molecule has 3 rings (SSSR count). The fourth-order valence-electron chi connectivity index (χ4n) is 2.97. The van der Waals surface area contributed by atoms with Gasteiger partial charge in [-0.3, -0.25) is 19.7 Å². The second-order valence-electron chi connectivity index (χ2n) is 5.69. The summed E-state index contributed by atoms with van der Waals surface area (Å²) >= 11 is 6.23. The molecule has 0 radical (unpaired) electrons. The number of imide groups is 1. The summed E-state index contributed by atoms with van der Waals surface area (Å²) < 4.78 is 0. The van der Waals surface area contributed by atoms with Crippen LogP contribution in [0.1, 0.15) is 40.7 Å². The molecule has 1 saturated heterocycles. The number of hydrogen-bond donors (Lipinski definition) is 2. The van der Waals surface area contributed by atoms with Crippen molar-refractivity contribution in [3.05, 3.63) is 33.8 Å². The molecule has 0 bridgehead atoms. The molecule has 2 aliphatic heterocycles. The van der Waals surface area contributed by atoms with Crippen molar-refractivity contribution in [1.82, 2.24) is 10.2 Å². The van der Waals surface area contributed by atoms with Crippen LogP contribution < -0.4 is 11.1 Å². The monoisotopic (exact) mass is 345 g/mol. The van der Waals surface area contributed by atoms with Gasteiger partial charge in [0.25, 0.3) is 5.91 Å². The summed E-state index contributed by atoms with van der Waals surface area (Å²) in [4.78, 5) is 37.5. The SMILES string of the molecule is NCCC#Cc1c(Cl)ccc2c1CN(C1CCC(=O)NC1=O)C2=O. The lowest BCUT2D eigenvalue weighted by molar-refractivity contribution is -0.136. The van der Waals surface area contributed by atoms with Gasteiger partial charge in [0.15, 0.2) is 0 Å². The van der Waals surface area contributed by atoms with Gasteiger partial charge in [0.05, 0.1) is 5.02 Å². The normalized spacial score (nSPS) is 19.7. The van der Waals surface area contributed by atoms with E-state index in [9.17, 15) is 14.4 Å². The largest absolute Gasteiger partial charge is 0.330 e. The van der Waals surface area contributed by atoms with Crippen LogP contribution in [0.4, 0.5) is 0 Å². The summed E-state index contributed by atoms with van der Waals surface area (Å²) in [5, 5.41) is 2.75. The van der Waals surface area contributed by atoms with Gasteiger partial charge in [-0.2, -0.15) is 0 Å². The van der Waals surface area contributed by atoms with E-state index < -0.39 is 11.9 Å². The molecule has 0 aromatic heterocycles. The smallest absolute Gasteiger partial charge is 0.255 e. The second kappa shape index (κ2) is 6.63. The highest BCUT2D eigenvalue weighted by molar-refractivity contribution is 6.32. The molecule has 124 valence electrons. The van der Waals surface area contributed by atoms with Gasteiger partial charge >= 0.3 is 0 Å². The maximum atomic E-state index is 12.7. The van der Waals surface area contributed by atoms with E-state index in [4.69, 9.17) is 17.3 Å². The molecule has 2 heterocycles. The van der Waals surface area contributed by atoms with Crippen molar-refractivity contribution in [1.29, 1.82) is 0 Å². The summed E-state index contributed by atoms with van der Waals surface area (Å²) in [6, 6.07) is 2.64. The first-order valence-electron chi connectivity index (χ1n) is 7.68. The first kappa shape index (κ1) is 16.5. The molecule has 1 atom stereocenters. The molecule has 1 aromatic carbocycles. The van der Waals surface area contributed by atoms with E-state index in [-0.39, 0.29) is 24.8 Å². The number of nitrogens with two attached hydrogens (primary N) is 1. The van der Waals surface area contributed by atoms with Crippen LogP contribution in [0.15, 0.2) is 12.1 Å². The molecular formula is C17H16ClN3O3. The number of nitrogens with one attached hydrogen (secondary N) is 1. The Labute approximate surface area is 144 Å². The predicted molar refractivity (Wildman–Crippen MR) is 88.0 cm³/mol. The van der Waals surface area contributed by atoms with Crippen LogP contribution in [-0.4, -0.2) is 35.2 Å². The lowest BCUT2D eigenvalue weighted by atomic mass is 10.0. The van der Waals surface area contributed by atoms with Gasteiger partial charge in [-0.15, -0.1) is 0 Å². The number of benzene rings is 1. The summed E-state index contributed by atoms with van der Waals surface area (Å²) in [5.41, 5.74) is 7.27. The Morgan fingerprint density at radius 3 is 2.83 bits per heavy atom. The zero-order chi connectivity index (χ0) is 17.3. The molecular weight excluding hydrogens is 330 g/mol. The van der Waals surface area contributed by atoms with Crippen molar-refractivity contribution in [2.75, 3.05) is 6.54 Å². The van der Waals surface area contributed by atoms with Crippen molar-refractivity contribution in [2.45, 2.75) is 31.8 Å². The Morgan fingerprint density at radius 2 is 2.12 bits per heavy atom. The molecule has 1 fully saturated rings. The van der Waals surface area contributed by atoms with E-state index in [0.29, 0.717) is 35.5 Å². The lowest BCUT2D eigenvalue weighted by Gasteiger charge is -2.29. The fraction of sp³-hybridized carbons (Fsp3) is 0.353. The zero-order valence-corrected chi connectivity index (χ0v) is 13.7. The molecule has 6 nitrogen and oxygen atoms in total. The third-order valence-corrected chi connectivity index (χ3v) is 4.47. The van der Waals surface area contributed by atoms with Crippen molar-refractivity contribution in [2.24, 2.45) is 5.73 Å². The molecule has 7 heteroatoms. The van der Waals surface area contributed by atoms with Crippen molar-refractivity contribution in [3.8, 4) is 11.8 Å². The molecule has 1 unspecified atom stereocenters. The van der Waals surface area contributed by atoms with Gasteiger partial charge in [-0.1, -0.05) is 23.4 Å². The maximum Gasteiger partial charge on any atom is 0.255 e. The molecule has 3 N–H and O–H groups in total. The number of piperidine rings is 1. The summed E-state index contributed by atoms with van der Waals surface area (Å²) in [6.45, 7) is 0.703. The number of hydrogen-bond acceptors (Lipinski definition) is 4. The average Bonchev–Trinajstić information content (AvgIpc) is 2.87. The van der Waals surface area contributed by atoms with Gasteiger partial charge in [0.1, 0.15) is 6.04 Å². The summed E-state index contributed by atoms with van der Waals surface area (Å²) in [6.07, 6.45) is 1.08. The first-order valence-corrected chi connectivity index (χ1v) is 8.05. The van der Waals surface area contributed by atoms with Crippen LogP contribution in [0.3, 0.4) is 0 Å². The van der Waals surface area contributed by atoms with Gasteiger partial charge in [-0.05, 0) is 18.6 Å². The molecule has 0 spiro atoms. The van der Waals surface area contributed by atoms with Crippen molar-refractivity contribution >= 4 is 29.3 Å². The van der Waals surface area contributed by atoms with Crippen molar-refractivity contribution < 1.29 is 14.4 Å². The number of nitrogens with zero attached hydrogens (tertiary/aromatic N) is 1. The topological polar surface area (TPSA) is 92.5 Å². The number of rotatable bonds is 2. The third-order valence-electron chi connectivity index (χ3n) is 4.15. The predicted octanol–water partition coefficient (Wildman–Crippen LogP) is 0.801. The van der Waals surface area contributed by atoms with Crippen LogP contribution in [0, 0.1) is 11.8 Å². The van der Waals surface area contributed by atoms with E-state index in [1.165, 1.54) is 4.90 Å². The Morgan fingerprint density at radius 1 is 1.33 bits per heavy atom. The molecule has 24 heavy (non-hydrogen) atoms. The number of halogens is 1. The Kier molecular flexibility index (Phi) is 4.56. The molecule has 1 aromatic rings. The number of fused-ring (bicyclic) bond motifs is 1. The number of amides is 3. The third kappa shape index (κ3) is 2.88. The van der Waals surface area contributed by atoms with Crippen LogP contribution in [-0.2, 0) is 16.1 Å². The van der Waals surface area contributed by atoms with Crippen LogP contribution >= 0.6 is 11.6 Å². The highest BCUT2D eigenvalue weighted by Crippen LogP contribution is 2.32. The summed E-state index contributed by atoms with van der Waals surface area (Å²) in [5.74, 6) is 4.93. The van der Waals surface area contributed by atoms with Gasteiger partial charge in [0, 0.05) is 42.6 Å². The Balaban J connectivity index is 1.93. The van der Waals surface area contributed by atoms with Crippen LogP contribution in [0.5, 0.6) is 0 Å². The Bertz CT molecular complexity index is 794. The average molecular weight is 346 g/mol. The number of carbonyl (C=O) groups is 3. The van der Waals surface area contributed by atoms with Crippen LogP contribution in [0.2, 0.25) is 5.02 Å². The number of carbonyl (C=O) groups excluding carboxylic acids is 3. The second-order valence-corrected chi connectivity index (χ2v) is 6.10. The van der Waals surface area contributed by atoms with E-state index in [0.717, 1.165) is 5.56 Å². The first-order chi connectivity index (χ1) is 11.5. The zero-order valence-electron chi connectivity index (χ0n) is 12.9. The molecule has 3 amide bonds. The van der Waals surface area contributed by atoms with E-state index >= 15 is 0 Å². The van der Waals surface area contributed by atoms with E-state index in [2.05, 4.69) is 17.2 Å².